The normalized spacial score (nSPS) is 24.1. The third-order valence-electron chi connectivity index (χ3n) is 2.62. The van der Waals surface area contributed by atoms with Gasteiger partial charge in [0.2, 0.25) is 10.0 Å². The van der Waals surface area contributed by atoms with Crippen LogP contribution < -0.4 is 4.72 Å². The molecule has 1 aromatic heterocycles. The summed E-state index contributed by atoms with van der Waals surface area (Å²) in [5.41, 5.74) is 0.113. The Balaban J connectivity index is 2.15. The molecular formula is C9H12BrNO2S2. The van der Waals surface area contributed by atoms with Crippen LogP contribution in [0.3, 0.4) is 0 Å². The van der Waals surface area contributed by atoms with Crippen LogP contribution in [0.15, 0.2) is 20.1 Å². The first-order valence-corrected chi connectivity index (χ1v) is 7.73. The molecule has 1 heterocycles. The van der Waals surface area contributed by atoms with E-state index in [9.17, 15) is 8.42 Å². The van der Waals surface area contributed by atoms with Crippen LogP contribution in [-0.2, 0) is 10.0 Å². The van der Waals surface area contributed by atoms with Gasteiger partial charge in [0.15, 0.2) is 0 Å². The molecule has 1 fully saturated rings. The van der Waals surface area contributed by atoms with Crippen LogP contribution in [0.1, 0.15) is 20.3 Å². The van der Waals surface area contributed by atoms with Crippen molar-refractivity contribution in [3.63, 3.8) is 0 Å². The van der Waals surface area contributed by atoms with Crippen LogP contribution in [0.4, 0.5) is 0 Å². The summed E-state index contributed by atoms with van der Waals surface area (Å²) in [5, 5.41) is 1.77. The summed E-state index contributed by atoms with van der Waals surface area (Å²) >= 11 is 4.48. The quantitative estimate of drug-likeness (QED) is 0.933. The number of hydrogen-bond acceptors (Lipinski definition) is 3. The predicted octanol–water partition coefficient (Wildman–Crippen LogP) is 2.59. The summed E-state index contributed by atoms with van der Waals surface area (Å²) < 4.78 is 27.6. The van der Waals surface area contributed by atoms with Gasteiger partial charge in [-0.15, -0.1) is 11.3 Å². The average molecular weight is 310 g/mol. The van der Waals surface area contributed by atoms with E-state index in [0.717, 1.165) is 10.9 Å². The first-order valence-electron chi connectivity index (χ1n) is 4.58. The molecule has 0 bridgehead atoms. The Morgan fingerprint density at radius 1 is 1.60 bits per heavy atom. The van der Waals surface area contributed by atoms with Crippen molar-refractivity contribution in [1.29, 1.82) is 0 Å². The minimum atomic E-state index is -3.31. The van der Waals surface area contributed by atoms with E-state index in [1.807, 2.05) is 0 Å². The van der Waals surface area contributed by atoms with Gasteiger partial charge >= 0.3 is 0 Å². The van der Waals surface area contributed by atoms with Crippen LogP contribution in [0.25, 0.3) is 0 Å². The van der Waals surface area contributed by atoms with Crippen molar-refractivity contribution in [2.45, 2.75) is 30.5 Å². The summed E-state index contributed by atoms with van der Waals surface area (Å²) in [6.45, 7) is 4.12. The Labute approximate surface area is 102 Å². The van der Waals surface area contributed by atoms with Crippen molar-refractivity contribution in [1.82, 2.24) is 4.72 Å². The molecule has 1 atom stereocenters. The zero-order valence-electron chi connectivity index (χ0n) is 8.45. The largest absolute Gasteiger partial charge is 0.250 e. The number of thiophene rings is 1. The number of nitrogens with one attached hydrogen (secondary N) is 1. The Morgan fingerprint density at radius 2 is 2.20 bits per heavy atom. The van der Waals surface area contributed by atoms with Crippen LogP contribution in [0.2, 0.25) is 0 Å². The van der Waals surface area contributed by atoms with Gasteiger partial charge in [-0.25, -0.2) is 13.1 Å². The van der Waals surface area contributed by atoms with Gasteiger partial charge in [-0.1, -0.05) is 13.8 Å². The monoisotopic (exact) mass is 309 g/mol. The zero-order valence-corrected chi connectivity index (χ0v) is 11.7. The summed E-state index contributed by atoms with van der Waals surface area (Å²) in [4.78, 5) is 0. The maximum atomic E-state index is 11.9. The number of rotatable bonds is 3. The highest BCUT2D eigenvalue weighted by Crippen LogP contribution is 2.45. The fraction of sp³-hybridized carbons (Fsp3) is 0.556. The standard InChI is InChI=1S/C9H12BrNO2S2/c1-9(2)4-7(9)11-15(12,13)8-3-6(10)5-14-8/h3,5,7,11H,4H2,1-2H3. The first kappa shape index (κ1) is 11.6. The second kappa shape index (κ2) is 3.55. The third kappa shape index (κ3) is 2.43. The SMILES string of the molecule is CC1(C)CC1NS(=O)(=O)c1cc(Br)cs1. The minimum Gasteiger partial charge on any atom is -0.207 e. The molecule has 0 radical (unpaired) electrons. The topological polar surface area (TPSA) is 46.2 Å². The van der Waals surface area contributed by atoms with Crippen molar-refractivity contribution in [3.05, 3.63) is 15.9 Å². The highest BCUT2D eigenvalue weighted by atomic mass is 79.9. The molecule has 2 rings (SSSR count). The molecule has 1 saturated carbocycles. The first-order chi connectivity index (χ1) is 6.81. The Morgan fingerprint density at radius 3 is 2.60 bits per heavy atom. The Kier molecular flexibility index (Phi) is 2.74. The van der Waals surface area contributed by atoms with Crippen LogP contribution in [0.5, 0.6) is 0 Å². The molecule has 1 aromatic rings. The van der Waals surface area contributed by atoms with Crippen LogP contribution in [0, 0.1) is 5.41 Å². The molecule has 0 spiro atoms. The van der Waals surface area contributed by atoms with Crippen molar-refractivity contribution < 1.29 is 8.42 Å². The van der Waals surface area contributed by atoms with Crippen molar-refractivity contribution in [2.24, 2.45) is 5.41 Å². The van der Waals surface area contributed by atoms with E-state index in [-0.39, 0.29) is 11.5 Å². The third-order valence-corrected chi connectivity index (χ3v) is 6.29. The molecule has 1 N–H and O–H groups in total. The van der Waals surface area contributed by atoms with Crippen LogP contribution >= 0.6 is 27.3 Å². The van der Waals surface area contributed by atoms with Gasteiger partial charge < -0.3 is 0 Å². The molecule has 6 heteroatoms. The van der Waals surface area contributed by atoms with E-state index in [4.69, 9.17) is 0 Å². The van der Waals surface area contributed by atoms with Gasteiger partial charge in [0.05, 0.1) is 0 Å². The fourth-order valence-electron chi connectivity index (χ4n) is 1.35. The molecule has 0 saturated heterocycles. The maximum Gasteiger partial charge on any atom is 0.250 e. The average Bonchev–Trinajstić information content (AvgIpc) is 2.53. The van der Waals surface area contributed by atoms with Crippen molar-refractivity contribution in [2.75, 3.05) is 0 Å². The molecule has 1 unspecified atom stereocenters. The number of hydrogen-bond donors (Lipinski definition) is 1. The van der Waals surface area contributed by atoms with Gasteiger partial charge in [0.25, 0.3) is 0 Å². The van der Waals surface area contributed by atoms with Gasteiger partial charge in [-0.2, -0.15) is 0 Å². The Hall–Kier alpha value is 0.0900. The lowest BCUT2D eigenvalue weighted by molar-refractivity contribution is 0.556. The van der Waals surface area contributed by atoms with Crippen molar-refractivity contribution in [3.8, 4) is 0 Å². The van der Waals surface area contributed by atoms with Gasteiger partial charge in [-0.3, -0.25) is 0 Å². The fourth-order valence-corrected chi connectivity index (χ4v) is 4.62. The second-order valence-electron chi connectivity index (χ2n) is 4.45. The molecule has 1 aliphatic rings. The lowest BCUT2D eigenvalue weighted by Crippen LogP contribution is -2.27. The van der Waals surface area contributed by atoms with Crippen LogP contribution in [-0.4, -0.2) is 14.5 Å². The van der Waals surface area contributed by atoms with E-state index in [1.165, 1.54) is 11.3 Å². The molecule has 1 aliphatic carbocycles. The van der Waals surface area contributed by atoms with E-state index in [2.05, 4.69) is 34.5 Å². The Bertz CT molecular complexity index is 478. The molecule has 15 heavy (non-hydrogen) atoms. The lowest BCUT2D eigenvalue weighted by atomic mass is 10.2. The second-order valence-corrected chi connectivity index (χ2v) is 8.22. The number of sulfonamides is 1. The summed E-state index contributed by atoms with van der Waals surface area (Å²) in [6.07, 6.45) is 0.915. The van der Waals surface area contributed by atoms with Gasteiger partial charge in [0, 0.05) is 15.9 Å². The summed E-state index contributed by atoms with van der Waals surface area (Å²) in [7, 11) is -3.31. The molecule has 3 nitrogen and oxygen atoms in total. The molecule has 0 amide bonds. The molecule has 84 valence electrons. The highest BCUT2D eigenvalue weighted by Gasteiger charge is 2.48. The smallest absolute Gasteiger partial charge is 0.207 e. The molecule has 0 aliphatic heterocycles. The predicted molar refractivity (Wildman–Crippen MR) is 64.5 cm³/mol. The van der Waals surface area contributed by atoms with Gasteiger partial charge in [-0.05, 0) is 33.8 Å². The maximum absolute atomic E-state index is 11.9. The highest BCUT2D eigenvalue weighted by molar-refractivity contribution is 9.10. The summed E-state index contributed by atoms with van der Waals surface area (Å²) in [5.74, 6) is 0. The molecule has 0 aromatic carbocycles. The van der Waals surface area contributed by atoms with E-state index < -0.39 is 10.0 Å². The van der Waals surface area contributed by atoms with E-state index >= 15 is 0 Å². The number of halogens is 1. The van der Waals surface area contributed by atoms with Crippen molar-refractivity contribution >= 4 is 37.3 Å². The lowest BCUT2D eigenvalue weighted by Gasteiger charge is -2.05. The van der Waals surface area contributed by atoms with E-state index in [0.29, 0.717) is 4.21 Å². The van der Waals surface area contributed by atoms with E-state index in [1.54, 1.807) is 11.4 Å². The molecular weight excluding hydrogens is 298 g/mol. The summed E-state index contributed by atoms with van der Waals surface area (Å²) in [6, 6.07) is 1.71. The van der Waals surface area contributed by atoms with Gasteiger partial charge in [0.1, 0.15) is 4.21 Å². The minimum absolute atomic E-state index is 0.0865. The zero-order chi connectivity index (χ0) is 11.3.